The second kappa shape index (κ2) is 3.36. The molecular weight excluding hydrogens is 216 g/mol. The van der Waals surface area contributed by atoms with Crippen LogP contribution in [0.2, 0.25) is 0 Å². The molecule has 1 heterocycles. The quantitative estimate of drug-likeness (QED) is 0.817. The predicted octanol–water partition coefficient (Wildman–Crippen LogP) is 2.25. The first kappa shape index (κ1) is 9.67. The van der Waals surface area contributed by atoms with Gasteiger partial charge in [-0.2, -0.15) is 0 Å². The molecule has 0 spiro atoms. The van der Waals surface area contributed by atoms with Crippen LogP contribution in [-0.4, -0.2) is 22.2 Å². The van der Waals surface area contributed by atoms with Gasteiger partial charge >= 0.3 is 11.9 Å². The summed E-state index contributed by atoms with van der Waals surface area (Å²) in [7, 11) is 0. The maximum absolute atomic E-state index is 10.9. The SMILES string of the molecule is O=C(O)c1cc2cccc-2c(C(=O)O)s1. The number of hydrogen-bond donors (Lipinski definition) is 2. The third-order valence-electron chi connectivity index (χ3n) is 2.00. The molecule has 0 amide bonds. The van der Waals surface area contributed by atoms with Crippen molar-refractivity contribution in [1.82, 2.24) is 0 Å². The Hall–Kier alpha value is -1.88. The molecule has 0 fully saturated rings. The average molecular weight is 222 g/mol. The van der Waals surface area contributed by atoms with Crippen molar-refractivity contribution in [2.75, 3.05) is 0 Å². The molecule has 0 atom stereocenters. The van der Waals surface area contributed by atoms with Crippen LogP contribution in [0.15, 0.2) is 24.3 Å². The Morgan fingerprint density at radius 3 is 2.47 bits per heavy atom. The molecule has 2 aliphatic rings. The predicted molar refractivity (Wildman–Crippen MR) is 54.9 cm³/mol. The topological polar surface area (TPSA) is 74.6 Å². The number of carboxylic acids is 2. The van der Waals surface area contributed by atoms with Crippen LogP contribution in [0.4, 0.5) is 0 Å². The van der Waals surface area contributed by atoms with Gasteiger partial charge in [0.1, 0.15) is 9.75 Å². The minimum absolute atomic E-state index is 0.0334. The minimum atomic E-state index is -1.11. The molecule has 0 bridgehead atoms. The van der Waals surface area contributed by atoms with Crippen LogP contribution in [-0.2, 0) is 0 Å². The van der Waals surface area contributed by atoms with Crippen molar-refractivity contribution in [3.8, 4) is 11.1 Å². The Kier molecular flexibility index (Phi) is 2.17. The summed E-state index contributed by atoms with van der Waals surface area (Å²) in [4.78, 5) is 21.8. The molecule has 2 N–H and O–H groups in total. The van der Waals surface area contributed by atoms with Gasteiger partial charge in [-0.05, 0) is 11.6 Å². The lowest BCUT2D eigenvalue weighted by Gasteiger charge is -2.04. The third kappa shape index (κ3) is 1.57. The van der Waals surface area contributed by atoms with Gasteiger partial charge in [-0.1, -0.05) is 18.2 Å². The van der Waals surface area contributed by atoms with Crippen molar-refractivity contribution < 1.29 is 19.8 Å². The van der Waals surface area contributed by atoms with E-state index in [0.29, 0.717) is 11.1 Å². The summed E-state index contributed by atoms with van der Waals surface area (Å²) in [6.07, 6.45) is 0. The number of fused-ring (bicyclic) bond motifs is 1. The van der Waals surface area contributed by atoms with E-state index < -0.39 is 11.9 Å². The van der Waals surface area contributed by atoms with Crippen LogP contribution in [0.3, 0.4) is 0 Å². The van der Waals surface area contributed by atoms with Gasteiger partial charge < -0.3 is 10.2 Å². The molecule has 0 unspecified atom stereocenters. The van der Waals surface area contributed by atoms with Crippen molar-refractivity contribution in [2.45, 2.75) is 0 Å². The number of rotatable bonds is 2. The van der Waals surface area contributed by atoms with E-state index in [2.05, 4.69) is 0 Å². The lowest BCUT2D eigenvalue weighted by Crippen LogP contribution is -2.01. The molecule has 0 aromatic rings. The third-order valence-corrected chi connectivity index (χ3v) is 3.11. The zero-order valence-electron chi connectivity index (χ0n) is 7.43. The highest BCUT2D eigenvalue weighted by Crippen LogP contribution is 2.32. The molecule has 76 valence electrons. The summed E-state index contributed by atoms with van der Waals surface area (Å²) in [5.41, 5.74) is 1.22. The van der Waals surface area contributed by atoms with Crippen molar-refractivity contribution in [2.24, 2.45) is 0 Å². The van der Waals surface area contributed by atoms with E-state index in [-0.39, 0.29) is 9.75 Å². The van der Waals surface area contributed by atoms with Crippen molar-refractivity contribution >= 4 is 23.3 Å². The van der Waals surface area contributed by atoms with E-state index in [4.69, 9.17) is 10.2 Å². The highest BCUT2D eigenvalue weighted by molar-refractivity contribution is 7.15. The minimum Gasteiger partial charge on any atom is -0.477 e. The van der Waals surface area contributed by atoms with Gasteiger partial charge in [-0.3, -0.25) is 0 Å². The standard InChI is InChI=1S/C10H6O4S/c11-9(12)7-4-5-2-1-3-6(5)8(15-7)10(13)14/h1-4H,(H,11,12)(H,13,14). The van der Waals surface area contributed by atoms with Crippen molar-refractivity contribution in [3.63, 3.8) is 0 Å². The molecule has 5 heteroatoms. The molecule has 1 aliphatic heterocycles. The molecule has 0 radical (unpaired) electrons. The summed E-state index contributed by atoms with van der Waals surface area (Å²) in [6.45, 7) is 0. The summed E-state index contributed by atoms with van der Waals surface area (Å²) in [5.74, 6) is -2.20. The molecule has 1 aliphatic carbocycles. The van der Waals surface area contributed by atoms with Crippen molar-refractivity contribution in [3.05, 3.63) is 34.0 Å². The molecular formula is C10H6O4S. The van der Waals surface area contributed by atoms with E-state index in [0.717, 1.165) is 11.3 Å². The highest BCUT2D eigenvalue weighted by atomic mass is 32.1. The van der Waals surface area contributed by atoms with Crippen LogP contribution >= 0.6 is 11.3 Å². The molecule has 0 aromatic carbocycles. The van der Waals surface area contributed by atoms with E-state index in [1.807, 2.05) is 0 Å². The molecule has 0 saturated carbocycles. The lowest BCUT2D eigenvalue weighted by molar-refractivity contribution is 0.0696. The van der Waals surface area contributed by atoms with E-state index in [1.54, 1.807) is 18.2 Å². The van der Waals surface area contributed by atoms with E-state index >= 15 is 0 Å². The van der Waals surface area contributed by atoms with Gasteiger partial charge in [0.2, 0.25) is 0 Å². The Labute approximate surface area is 88.7 Å². The zero-order valence-corrected chi connectivity index (χ0v) is 8.25. The largest absolute Gasteiger partial charge is 0.477 e. The van der Waals surface area contributed by atoms with Crippen LogP contribution in [0.5, 0.6) is 0 Å². The van der Waals surface area contributed by atoms with Gasteiger partial charge in [0.05, 0.1) is 0 Å². The smallest absolute Gasteiger partial charge is 0.346 e. The Morgan fingerprint density at radius 1 is 1.13 bits per heavy atom. The Bertz CT molecular complexity index is 514. The fourth-order valence-electron chi connectivity index (χ4n) is 1.37. The number of carboxylic acid groups (broad SMARTS) is 2. The van der Waals surface area contributed by atoms with Crippen LogP contribution < -0.4 is 0 Å². The molecule has 15 heavy (non-hydrogen) atoms. The summed E-state index contributed by atoms with van der Waals surface area (Å²) in [5, 5.41) is 17.7. The van der Waals surface area contributed by atoms with Crippen molar-refractivity contribution in [1.29, 1.82) is 0 Å². The average Bonchev–Trinajstić information content (AvgIpc) is 2.62. The first-order chi connectivity index (χ1) is 7.09. The maximum Gasteiger partial charge on any atom is 0.346 e. The highest BCUT2D eigenvalue weighted by Gasteiger charge is 2.18. The molecule has 4 nitrogen and oxygen atoms in total. The maximum atomic E-state index is 10.9. The summed E-state index contributed by atoms with van der Waals surface area (Å²) >= 11 is 0.774. The molecule has 2 rings (SSSR count). The molecule has 0 saturated heterocycles. The summed E-state index contributed by atoms with van der Waals surface area (Å²) < 4.78 is 0. The number of aromatic carboxylic acids is 2. The normalized spacial score (nSPS) is 10.4. The zero-order chi connectivity index (χ0) is 11.0. The fraction of sp³-hybridized carbons (Fsp3) is 0. The van der Waals surface area contributed by atoms with Crippen LogP contribution in [0, 0.1) is 0 Å². The lowest BCUT2D eigenvalue weighted by atomic mass is 10.1. The van der Waals surface area contributed by atoms with Gasteiger partial charge in [-0.15, -0.1) is 11.3 Å². The first-order valence-corrected chi connectivity index (χ1v) is 4.90. The van der Waals surface area contributed by atoms with Gasteiger partial charge in [0.25, 0.3) is 0 Å². The first-order valence-electron chi connectivity index (χ1n) is 4.09. The van der Waals surface area contributed by atoms with Gasteiger partial charge in [0.15, 0.2) is 0 Å². The second-order valence-corrected chi connectivity index (χ2v) is 4.00. The van der Waals surface area contributed by atoms with E-state index in [9.17, 15) is 9.59 Å². The Balaban J connectivity index is 2.74. The second-order valence-electron chi connectivity index (χ2n) is 2.94. The number of hydrogen-bond acceptors (Lipinski definition) is 3. The van der Waals surface area contributed by atoms with Crippen LogP contribution in [0.25, 0.3) is 11.1 Å². The Morgan fingerprint density at radius 2 is 1.87 bits per heavy atom. The van der Waals surface area contributed by atoms with Gasteiger partial charge in [0, 0.05) is 5.56 Å². The fourth-order valence-corrected chi connectivity index (χ4v) is 2.24. The van der Waals surface area contributed by atoms with Gasteiger partial charge in [-0.25, -0.2) is 9.59 Å². The van der Waals surface area contributed by atoms with E-state index in [1.165, 1.54) is 6.07 Å². The monoisotopic (exact) mass is 222 g/mol. The van der Waals surface area contributed by atoms with Crippen LogP contribution in [0.1, 0.15) is 19.3 Å². The molecule has 0 aromatic heterocycles. The number of carbonyl (C=O) groups is 2. The summed E-state index contributed by atoms with van der Waals surface area (Å²) in [6, 6.07) is 6.55.